The molecule has 1 aromatic carbocycles. The van der Waals surface area contributed by atoms with Crippen LogP contribution in [-0.4, -0.2) is 37.0 Å². The maximum absolute atomic E-state index is 11.8. The van der Waals surface area contributed by atoms with E-state index in [0.29, 0.717) is 13.0 Å². The van der Waals surface area contributed by atoms with Gasteiger partial charge in [0.15, 0.2) is 0 Å². The average Bonchev–Trinajstić information content (AvgIpc) is 2.56. The molecule has 1 saturated carbocycles. The maximum atomic E-state index is 11.8. The van der Waals surface area contributed by atoms with Gasteiger partial charge in [-0.15, -0.1) is 0 Å². The molecule has 1 aromatic rings. The minimum Gasteiger partial charge on any atom is -0.349 e. The second-order valence-electron chi connectivity index (χ2n) is 6.68. The second kappa shape index (κ2) is 6.80. The van der Waals surface area contributed by atoms with Crippen LogP contribution in [0.1, 0.15) is 44.6 Å². The molecule has 2 rings (SSSR count). The quantitative estimate of drug-likeness (QED) is 0.877. The van der Waals surface area contributed by atoms with E-state index in [0.717, 1.165) is 25.7 Å². The van der Waals surface area contributed by atoms with Crippen LogP contribution in [0.4, 0.5) is 0 Å². The van der Waals surface area contributed by atoms with E-state index in [1.54, 1.807) is 0 Å². The van der Waals surface area contributed by atoms with Crippen LogP contribution in [0.2, 0.25) is 0 Å². The van der Waals surface area contributed by atoms with E-state index in [4.69, 9.17) is 5.73 Å². The monoisotopic (exact) mass is 303 g/mol. The third-order valence-corrected chi connectivity index (χ3v) is 5.32. The van der Waals surface area contributed by atoms with E-state index in [9.17, 15) is 4.79 Å². The molecule has 122 valence electrons. The molecular weight excluding hydrogens is 274 g/mol. The van der Waals surface area contributed by atoms with Gasteiger partial charge in [0.2, 0.25) is 5.91 Å². The molecule has 4 nitrogen and oxygen atoms in total. The Balaban J connectivity index is 2.21. The van der Waals surface area contributed by atoms with E-state index < -0.39 is 0 Å². The molecule has 0 unspecified atom stereocenters. The van der Waals surface area contributed by atoms with E-state index >= 15 is 0 Å². The molecule has 1 fully saturated rings. The van der Waals surface area contributed by atoms with Gasteiger partial charge in [0.1, 0.15) is 0 Å². The van der Waals surface area contributed by atoms with E-state index in [1.807, 2.05) is 6.92 Å². The molecule has 3 N–H and O–H groups in total. The van der Waals surface area contributed by atoms with Crippen molar-refractivity contribution < 1.29 is 4.79 Å². The first-order valence-electron chi connectivity index (χ1n) is 8.22. The lowest BCUT2D eigenvalue weighted by Gasteiger charge is -2.50. The lowest BCUT2D eigenvalue weighted by molar-refractivity contribution is -0.123. The van der Waals surface area contributed by atoms with Gasteiger partial charge in [-0.05, 0) is 45.3 Å². The Bertz CT molecular complexity index is 490. The van der Waals surface area contributed by atoms with Gasteiger partial charge >= 0.3 is 0 Å². The predicted octanol–water partition coefficient (Wildman–Crippen LogP) is 2.24. The highest BCUT2D eigenvalue weighted by atomic mass is 16.1. The standard InChI is InChI=1S/C18H29N3O/c1-4-16(22)20-17(14-19)10-12-18(13-11-17,21(2)3)15-8-6-5-7-9-15/h5-9H,4,10-14,19H2,1-3H3,(H,20,22). The number of carbonyl (C=O) groups excluding carboxylic acids is 1. The number of nitrogens with two attached hydrogens (primary N) is 1. The number of carbonyl (C=O) groups is 1. The van der Waals surface area contributed by atoms with Crippen molar-refractivity contribution in [2.24, 2.45) is 5.73 Å². The van der Waals surface area contributed by atoms with Crippen molar-refractivity contribution in [3.63, 3.8) is 0 Å². The van der Waals surface area contributed by atoms with Crippen LogP contribution < -0.4 is 11.1 Å². The molecule has 0 aliphatic heterocycles. The number of benzene rings is 1. The fourth-order valence-corrected chi connectivity index (χ4v) is 3.65. The van der Waals surface area contributed by atoms with E-state index in [-0.39, 0.29) is 17.0 Å². The molecule has 0 spiro atoms. The van der Waals surface area contributed by atoms with Crippen LogP contribution >= 0.6 is 0 Å². The van der Waals surface area contributed by atoms with Crippen molar-refractivity contribution in [2.75, 3.05) is 20.6 Å². The van der Waals surface area contributed by atoms with Crippen LogP contribution in [0.3, 0.4) is 0 Å². The average molecular weight is 303 g/mol. The van der Waals surface area contributed by atoms with Gasteiger partial charge in [-0.3, -0.25) is 9.69 Å². The third kappa shape index (κ3) is 3.18. The molecule has 1 aliphatic rings. The zero-order chi connectivity index (χ0) is 16.2. The maximum Gasteiger partial charge on any atom is 0.220 e. The first-order chi connectivity index (χ1) is 10.5. The summed E-state index contributed by atoms with van der Waals surface area (Å²) in [5.41, 5.74) is 7.17. The number of nitrogens with one attached hydrogen (secondary N) is 1. The highest BCUT2D eigenvalue weighted by Crippen LogP contribution is 2.44. The molecule has 0 heterocycles. The fourth-order valence-electron chi connectivity index (χ4n) is 3.65. The molecule has 0 radical (unpaired) electrons. The molecular formula is C18H29N3O. The highest BCUT2D eigenvalue weighted by molar-refractivity contribution is 5.76. The van der Waals surface area contributed by atoms with Crippen molar-refractivity contribution in [3.8, 4) is 0 Å². The minimum atomic E-state index is -0.235. The fraction of sp³-hybridized carbons (Fsp3) is 0.611. The van der Waals surface area contributed by atoms with Crippen molar-refractivity contribution in [2.45, 2.75) is 50.1 Å². The third-order valence-electron chi connectivity index (χ3n) is 5.32. The van der Waals surface area contributed by atoms with Crippen LogP contribution in [0.15, 0.2) is 30.3 Å². The summed E-state index contributed by atoms with van der Waals surface area (Å²) in [5.74, 6) is 0.0996. The van der Waals surface area contributed by atoms with Crippen LogP contribution in [-0.2, 0) is 10.3 Å². The lowest BCUT2D eigenvalue weighted by atomic mass is 9.68. The highest BCUT2D eigenvalue weighted by Gasteiger charge is 2.44. The SMILES string of the molecule is CCC(=O)NC1(CN)CCC(c2ccccc2)(N(C)C)CC1. The molecule has 1 amide bonds. The minimum absolute atomic E-state index is 0.0386. The Labute approximate surface area is 134 Å². The summed E-state index contributed by atoms with van der Waals surface area (Å²) in [4.78, 5) is 14.2. The Hall–Kier alpha value is -1.39. The first-order valence-corrected chi connectivity index (χ1v) is 8.22. The number of rotatable bonds is 5. The van der Waals surface area contributed by atoms with Crippen molar-refractivity contribution >= 4 is 5.91 Å². The topological polar surface area (TPSA) is 58.4 Å². The molecule has 22 heavy (non-hydrogen) atoms. The molecule has 0 saturated heterocycles. The van der Waals surface area contributed by atoms with Gasteiger partial charge in [0.25, 0.3) is 0 Å². The summed E-state index contributed by atoms with van der Waals surface area (Å²) < 4.78 is 0. The number of hydrogen-bond donors (Lipinski definition) is 2. The van der Waals surface area contributed by atoms with Crippen LogP contribution in [0.25, 0.3) is 0 Å². The van der Waals surface area contributed by atoms with Gasteiger partial charge in [0, 0.05) is 18.5 Å². The number of hydrogen-bond acceptors (Lipinski definition) is 3. The van der Waals surface area contributed by atoms with E-state index in [2.05, 4.69) is 54.6 Å². The summed E-state index contributed by atoms with van der Waals surface area (Å²) in [6.07, 6.45) is 4.36. The first kappa shape index (κ1) is 17.0. The number of nitrogens with zero attached hydrogens (tertiary/aromatic N) is 1. The van der Waals surface area contributed by atoms with Gasteiger partial charge in [-0.25, -0.2) is 0 Å². The van der Waals surface area contributed by atoms with Crippen LogP contribution in [0, 0.1) is 0 Å². The summed E-state index contributed by atoms with van der Waals surface area (Å²) >= 11 is 0. The van der Waals surface area contributed by atoms with Gasteiger partial charge in [0.05, 0.1) is 5.54 Å². The van der Waals surface area contributed by atoms with Crippen molar-refractivity contribution in [1.82, 2.24) is 10.2 Å². The predicted molar refractivity (Wildman–Crippen MR) is 90.5 cm³/mol. The van der Waals surface area contributed by atoms with Crippen molar-refractivity contribution in [3.05, 3.63) is 35.9 Å². The van der Waals surface area contributed by atoms with E-state index in [1.165, 1.54) is 5.56 Å². The number of amides is 1. The largest absolute Gasteiger partial charge is 0.349 e. The zero-order valence-electron chi connectivity index (χ0n) is 14.1. The van der Waals surface area contributed by atoms with Gasteiger partial charge in [-0.2, -0.15) is 0 Å². The lowest BCUT2D eigenvalue weighted by Crippen LogP contribution is -2.59. The van der Waals surface area contributed by atoms with Crippen molar-refractivity contribution in [1.29, 1.82) is 0 Å². The molecule has 0 atom stereocenters. The molecule has 1 aliphatic carbocycles. The van der Waals surface area contributed by atoms with Gasteiger partial charge in [-0.1, -0.05) is 37.3 Å². The summed E-state index contributed by atoms with van der Waals surface area (Å²) in [6.45, 7) is 2.40. The molecule has 0 bridgehead atoms. The smallest absolute Gasteiger partial charge is 0.220 e. The van der Waals surface area contributed by atoms with Gasteiger partial charge < -0.3 is 11.1 Å². The zero-order valence-corrected chi connectivity index (χ0v) is 14.1. The summed E-state index contributed by atoms with van der Waals surface area (Å²) in [6, 6.07) is 10.7. The second-order valence-corrected chi connectivity index (χ2v) is 6.68. The molecule has 0 aromatic heterocycles. The molecule has 4 heteroatoms. The summed E-state index contributed by atoms with van der Waals surface area (Å²) in [5, 5.41) is 3.18. The Kier molecular flexibility index (Phi) is 5.24. The normalized spacial score (nSPS) is 28.6. The summed E-state index contributed by atoms with van der Waals surface area (Å²) in [7, 11) is 4.29. The Morgan fingerprint density at radius 1 is 1.18 bits per heavy atom. The van der Waals surface area contributed by atoms with Crippen LogP contribution in [0.5, 0.6) is 0 Å². The Morgan fingerprint density at radius 3 is 2.23 bits per heavy atom. The Morgan fingerprint density at radius 2 is 1.77 bits per heavy atom.